The summed E-state index contributed by atoms with van der Waals surface area (Å²) in [6.07, 6.45) is 2.45. The Hall–Kier alpha value is -3.38. The molecular weight excluding hydrogens is 448 g/mol. The first kappa shape index (κ1) is 30.6. The number of nitrogens with one attached hydrogen (secondary N) is 5. The quantitative estimate of drug-likeness (QED) is 0.243. The van der Waals surface area contributed by atoms with Crippen LogP contribution in [0.25, 0.3) is 0 Å². The minimum Gasteiger partial charge on any atom is -0.480 e. The molecule has 6 atom stereocenters. The lowest BCUT2D eigenvalue weighted by atomic mass is 10.00. The Labute approximate surface area is 199 Å². The summed E-state index contributed by atoms with van der Waals surface area (Å²) in [6.45, 7) is 11.5. The topological polar surface area (TPSA) is 209 Å². The highest BCUT2D eigenvalue weighted by Gasteiger charge is 2.33. The summed E-state index contributed by atoms with van der Waals surface area (Å²) < 4.78 is 0. The molecule has 0 aromatic rings. The standard InChI is InChI=1S/C7H14N2O3.2C7H12N2O2/c1-3-4(2)5(6(10)11)9-7(8)12;2*1-3-4(2)5-6(10)9-7(11)8-5/h4-5H,3H2,1-2H3,(H,10,11)(H3,8,9,12);2*4-5H,3H2,1-2H3,(H2,8,9,10,11)/t2*4-,5+;4-,5-/m000/s1. The van der Waals surface area contributed by atoms with E-state index in [9.17, 15) is 28.8 Å². The van der Waals surface area contributed by atoms with Gasteiger partial charge in [0.15, 0.2) is 0 Å². The highest BCUT2D eigenvalue weighted by molar-refractivity contribution is 6.04. The molecule has 8 N–H and O–H groups in total. The van der Waals surface area contributed by atoms with Gasteiger partial charge in [-0.3, -0.25) is 20.2 Å². The Morgan fingerprint density at radius 2 is 1.24 bits per heavy atom. The highest BCUT2D eigenvalue weighted by Crippen LogP contribution is 2.11. The lowest BCUT2D eigenvalue weighted by Gasteiger charge is -2.18. The molecule has 0 radical (unpaired) electrons. The predicted molar refractivity (Wildman–Crippen MR) is 123 cm³/mol. The minimum atomic E-state index is -1.05. The van der Waals surface area contributed by atoms with E-state index in [1.165, 1.54) is 0 Å². The maximum Gasteiger partial charge on any atom is 0.326 e. The first-order chi connectivity index (χ1) is 15.8. The van der Waals surface area contributed by atoms with Crippen molar-refractivity contribution in [2.24, 2.45) is 23.5 Å². The number of nitrogens with two attached hydrogens (primary N) is 1. The molecule has 2 rings (SSSR count). The molecule has 0 aromatic carbocycles. The molecule has 194 valence electrons. The molecule has 0 spiro atoms. The van der Waals surface area contributed by atoms with Crippen molar-refractivity contribution in [2.75, 3.05) is 0 Å². The number of aliphatic carboxylic acids is 1. The second-order valence-corrected chi connectivity index (χ2v) is 8.36. The summed E-state index contributed by atoms with van der Waals surface area (Å²) in [5.41, 5.74) is 4.81. The number of carbonyl (C=O) groups excluding carboxylic acids is 5. The summed E-state index contributed by atoms with van der Waals surface area (Å²) in [5, 5.41) is 20.3. The van der Waals surface area contributed by atoms with Gasteiger partial charge in [0.25, 0.3) is 11.8 Å². The molecule has 8 amide bonds. The normalized spacial score (nSPS) is 22.2. The van der Waals surface area contributed by atoms with Crippen LogP contribution in [0.3, 0.4) is 0 Å². The lowest BCUT2D eigenvalue weighted by Crippen LogP contribution is -2.47. The van der Waals surface area contributed by atoms with E-state index in [4.69, 9.17) is 10.8 Å². The van der Waals surface area contributed by atoms with Gasteiger partial charge in [-0.25, -0.2) is 19.2 Å². The number of rotatable bonds is 8. The second-order valence-electron chi connectivity index (χ2n) is 8.36. The Balaban J connectivity index is 0.000000481. The summed E-state index contributed by atoms with van der Waals surface area (Å²) in [5.74, 6) is -1.16. The smallest absolute Gasteiger partial charge is 0.326 e. The van der Waals surface area contributed by atoms with Crippen molar-refractivity contribution in [1.82, 2.24) is 26.6 Å². The third-order valence-electron chi connectivity index (χ3n) is 5.81. The average molecular weight is 487 g/mol. The van der Waals surface area contributed by atoms with Crippen LogP contribution in [-0.2, 0) is 14.4 Å². The van der Waals surface area contributed by atoms with Gasteiger partial charge in [0.1, 0.15) is 18.1 Å². The number of urea groups is 3. The van der Waals surface area contributed by atoms with Gasteiger partial charge >= 0.3 is 24.1 Å². The van der Waals surface area contributed by atoms with E-state index in [1.807, 2.05) is 34.6 Å². The summed E-state index contributed by atoms with van der Waals surface area (Å²) in [4.78, 5) is 64.2. The van der Waals surface area contributed by atoms with Crippen molar-refractivity contribution >= 4 is 35.9 Å². The van der Waals surface area contributed by atoms with Gasteiger partial charge in [-0.15, -0.1) is 0 Å². The molecule has 34 heavy (non-hydrogen) atoms. The largest absolute Gasteiger partial charge is 0.480 e. The molecule has 2 fully saturated rings. The van der Waals surface area contributed by atoms with Crippen LogP contribution in [0, 0.1) is 17.8 Å². The van der Waals surface area contributed by atoms with Crippen LogP contribution in [-0.4, -0.2) is 59.1 Å². The fourth-order valence-electron chi connectivity index (χ4n) is 2.97. The van der Waals surface area contributed by atoms with E-state index in [2.05, 4.69) is 26.6 Å². The summed E-state index contributed by atoms with van der Waals surface area (Å²) >= 11 is 0. The average Bonchev–Trinajstić information content (AvgIpc) is 3.30. The number of carboxylic acids is 1. The van der Waals surface area contributed by atoms with Crippen LogP contribution in [0.2, 0.25) is 0 Å². The van der Waals surface area contributed by atoms with Gasteiger partial charge in [0.05, 0.1) is 0 Å². The Kier molecular flexibility index (Phi) is 13.2. The molecule has 2 aliphatic heterocycles. The van der Waals surface area contributed by atoms with E-state index in [-0.39, 0.29) is 53.7 Å². The number of amides is 8. The van der Waals surface area contributed by atoms with E-state index in [0.717, 1.165) is 12.8 Å². The van der Waals surface area contributed by atoms with Crippen molar-refractivity contribution in [2.45, 2.75) is 78.9 Å². The maximum atomic E-state index is 11.0. The first-order valence-corrected chi connectivity index (χ1v) is 11.3. The number of primary amides is 1. The summed E-state index contributed by atoms with van der Waals surface area (Å²) in [6, 6.07) is -3.09. The third-order valence-corrected chi connectivity index (χ3v) is 5.81. The number of carbonyl (C=O) groups is 6. The molecule has 0 aromatic heterocycles. The SMILES string of the molecule is CC[C@H](C)[C@@H](NC(N)=O)C(=O)O.CC[C@H](C)[C@@H]1NC(=O)NC1=O.CC[C@H](C)[C@H]1NC(=O)NC1=O. The van der Waals surface area contributed by atoms with Gasteiger partial charge in [0.2, 0.25) is 0 Å². The molecule has 2 aliphatic rings. The zero-order valence-corrected chi connectivity index (χ0v) is 20.6. The monoisotopic (exact) mass is 486 g/mol. The molecular formula is C21H38N6O7. The lowest BCUT2D eigenvalue weighted by molar-refractivity contribution is -0.140. The van der Waals surface area contributed by atoms with Crippen molar-refractivity contribution in [3.8, 4) is 0 Å². The predicted octanol–water partition coefficient (Wildman–Crippen LogP) is 0.635. The fraction of sp³-hybridized carbons (Fsp3) is 0.714. The number of carboxylic acid groups (broad SMARTS) is 1. The molecule has 13 heteroatoms. The Bertz CT molecular complexity index is 718. The minimum absolute atomic E-state index is 0.116. The van der Waals surface area contributed by atoms with Gasteiger partial charge in [-0.05, 0) is 17.8 Å². The van der Waals surface area contributed by atoms with Crippen LogP contribution in [0.5, 0.6) is 0 Å². The molecule has 2 saturated heterocycles. The van der Waals surface area contributed by atoms with Gasteiger partial charge in [0, 0.05) is 0 Å². The first-order valence-electron chi connectivity index (χ1n) is 11.3. The van der Waals surface area contributed by atoms with Crippen molar-refractivity contribution < 1.29 is 33.9 Å². The Morgan fingerprint density at radius 1 is 0.853 bits per heavy atom. The molecule has 2 heterocycles. The van der Waals surface area contributed by atoms with Crippen LogP contribution >= 0.6 is 0 Å². The molecule has 0 unspecified atom stereocenters. The van der Waals surface area contributed by atoms with Crippen molar-refractivity contribution in [1.29, 1.82) is 0 Å². The van der Waals surface area contributed by atoms with Crippen LogP contribution in [0.15, 0.2) is 0 Å². The summed E-state index contributed by atoms with van der Waals surface area (Å²) in [7, 11) is 0. The maximum absolute atomic E-state index is 11.0. The van der Waals surface area contributed by atoms with Crippen LogP contribution in [0.4, 0.5) is 14.4 Å². The van der Waals surface area contributed by atoms with E-state index in [0.29, 0.717) is 6.42 Å². The van der Waals surface area contributed by atoms with Crippen LogP contribution in [0.1, 0.15) is 60.8 Å². The number of hydrogen-bond acceptors (Lipinski definition) is 6. The molecule has 0 bridgehead atoms. The third kappa shape index (κ3) is 10.0. The van der Waals surface area contributed by atoms with Gasteiger partial charge < -0.3 is 26.8 Å². The van der Waals surface area contributed by atoms with E-state index >= 15 is 0 Å². The van der Waals surface area contributed by atoms with Crippen molar-refractivity contribution in [3.05, 3.63) is 0 Å². The zero-order valence-electron chi connectivity index (χ0n) is 20.6. The van der Waals surface area contributed by atoms with E-state index < -0.39 is 18.0 Å². The molecule has 0 aliphatic carbocycles. The second kappa shape index (κ2) is 14.7. The number of imide groups is 2. The van der Waals surface area contributed by atoms with Crippen LogP contribution < -0.4 is 32.3 Å². The van der Waals surface area contributed by atoms with Gasteiger partial charge in [-0.1, -0.05) is 60.8 Å². The zero-order chi connectivity index (χ0) is 26.6. The fourth-order valence-corrected chi connectivity index (χ4v) is 2.97. The Morgan fingerprint density at radius 3 is 1.44 bits per heavy atom. The highest BCUT2D eigenvalue weighted by atomic mass is 16.4. The van der Waals surface area contributed by atoms with E-state index in [1.54, 1.807) is 6.92 Å². The van der Waals surface area contributed by atoms with Crippen molar-refractivity contribution in [3.63, 3.8) is 0 Å². The van der Waals surface area contributed by atoms with Gasteiger partial charge in [-0.2, -0.15) is 0 Å². The number of hydrogen-bond donors (Lipinski definition) is 7. The molecule has 13 nitrogen and oxygen atoms in total. The molecule has 0 saturated carbocycles.